The van der Waals surface area contributed by atoms with Crippen LogP contribution in [0.25, 0.3) is 0 Å². The maximum atomic E-state index is 5.25. The van der Waals surface area contributed by atoms with Crippen molar-refractivity contribution in [3.63, 3.8) is 0 Å². The van der Waals surface area contributed by atoms with Gasteiger partial charge in [0.15, 0.2) is 5.96 Å². The number of likely N-dealkylation sites (tertiary alicyclic amines) is 2. The summed E-state index contributed by atoms with van der Waals surface area (Å²) in [4.78, 5) is 9.61. The smallest absolute Gasteiger partial charge is 0.191 e. The van der Waals surface area contributed by atoms with Crippen LogP contribution in [0.15, 0.2) is 29.3 Å². The third kappa shape index (κ3) is 7.17. The Labute approximate surface area is 183 Å². The molecule has 2 N–H and O–H groups in total. The molecule has 2 aliphatic rings. The number of aliphatic imine (C=N–C) groups is 1. The minimum Gasteiger partial charge on any atom is -0.497 e. The summed E-state index contributed by atoms with van der Waals surface area (Å²) in [5, 5.41) is 7.24. The predicted octanol–water partition coefficient (Wildman–Crippen LogP) is 2.95. The molecule has 6 nitrogen and oxygen atoms in total. The molecular weight excluding hydrogens is 374 g/mol. The first-order chi connectivity index (χ1) is 14.7. The first-order valence-corrected chi connectivity index (χ1v) is 11.7. The van der Waals surface area contributed by atoms with Gasteiger partial charge in [0.05, 0.1) is 7.11 Å². The Kier molecular flexibility index (Phi) is 9.27. The second kappa shape index (κ2) is 12.2. The van der Waals surface area contributed by atoms with Gasteiger partial charge in [0, 0.05) is 39.3 Å². The number of piperidine rings is 2. The predicted molar refractivity (Wildman–Crippen MR) is 125 cm³/mol. The van der Waals surface area contributed by atoms with Crippen molar-refractivity contribution in [1.29, 1.82) is 0 Å². The lowest BCUT2D eigenvalue weighted by Gasteiger charge is -2.34. The summed E-state index contributed by atoms with van der Waals surface area (Å²) < 4.78 is 5.25. The molecular formula is C24H41N5O. The van der Waals surface area contributed by atoms with Crippen molar-refractivity contribution in [2.24, 2.45) is 10.9 Å². The lowest BCUT2D eigenvalue weighted by molar-refractivity contribution is 0.177. The van der Waals surface area contributed by atoms with Crippen LogP contribution in [0.3, 0.4) is 0 Å². The average molecular weight is 416 g/mol. The third-order valence-corrected chi connectivity index (χ3v) is 6.52. The van der Waals surface area contributed by atoms with E-state index in [1.165, 1.54) is 70.4 Å². The van der Waals surface area contributed by atoms with Gasteiger partial charge in [-0.2, -0.15) is 0 Å². The summed E-state index contributed by atoms with van der Waals surface area (Å²) >= 11 is 0. The number of nitrogens with zero attached hydrogens (tertiary/aromatic N) is 3. The standard InChI is InChI=1S/C24H41N5O/c1-4-13-28-16-11-22(12-17-28)27-24(25-2)26-18-20-9-14-29(15-10-20)19-21-5-7-23(30-3)8-6-21/h5-8,20,22H,4,9-19H2,1-3H3,(H2,25,26,27). The number of hydrogen-bond acceptors (Lipinski definition) is 4. The van der Waals surface area contributed by atoms with Crippen LogP contribution < -0.4 is 15.4 Å². The van der Waals surface area contributed by atoms with Gasteiger partial charge >= 0.3 is 0 Å². The van der Waals surface area contributed by atoms with E-state index in [0.29, 0.717) is 6.04 Å². The number of rotatable bonds is 8. The van der Waals surface area contributed by atoms with Crippen molar-refractivity contribution in [2.75, 3.05) is 53.4 Å². The Hall–Kier alpha value is -1.79. The summed E-state index contributed by atoms with van der Waals surface area (Å²) in [6, 6.07) is 9.01. The van der Waals surface area contributed by atoms with E-state index in [1.807, 2.05) is 7.05 Å². The molecule has 0 saturated carbocycles. The third-order valence-electron chi connectivity index (χ3n) is 6.52. The summed E-state index contributed by atoms with van der Waals surface area (Å²) in [6.07, 6.45) is 6.17. The molecule has 1 aromatic carbocycles. The van der Waals surface area contributed by atoms with Gasteiger partial charge in [-0.05, 0) is 75.4 Å². The van der Waals surface area contributed by atoms with Crippen molar-refractivity contribution >= 4 is 5.96 Å². The highest BCUT2D eigenvalue weighted by atomic mass is 16.5. The molecule has 2 saturated heterocycles. The molecule has 168 valence electrons. The van der Waals surface area contributed by atoms with E-state index < -0.39 is 0 Å². The zero-order valence-corrected chi connectivity index (χ0v) is 19.2. The van der Waals surface area contributed by atoms with Gasteiger partial charge in [-0.1, -0.05) is 19.1 Å². The van der Waals surface area contributed by atoms with E-state index in [4.69, 9.17) is 4.74 Å². The number of nitrogens with one attached hydrogen (secondary N) is 2. The van der Waals surface area contributed by atoms with Gasteiger partial charge in [0.1, 0.15) is 5.75 Å². The second-order valence-electron chi connectivity index (χ2n) is 8.78. The van der Waals surface area contributed by atoms with E-state index in [-0.39, 0.29) is 0 Å². The molecule has 6 heteroatoms. The van der Waals surface area contributed by atoms with E-state index in [9.17, 15) is 0 Å². The minimum absolute atomic E-state index is 0.552. The van der Waals surface area contributed by atoms with Crippen LogP contribution in [-0.2, 0) is 6.54 Å². The summed E-state index contributed by atoms with van der Waals surface area (Å²) in [5.74, 6) is 2.63. The fourth-order valence-electron chi connectivity index (χ4n) is 4.58. The van der Waals surface area contributed by atoms with Gasteiger partial charge in [-0.25, -0.2) is 0 Å². The lowest BCUT2D eigenvalue weighted by Crippen LogP contribution is -2.50. The van der Waals surface area contributed by atoms with Crippen LogP contribution in [0, 0.1) is 5.92 Å². The lowest BCUT2D eigenvalue weighted by atomic mass is 9.96. The highest BCUT2D eigenvalue weighted by molar-refractivity contribution is 5.79. The van der Waals surface area contributed by atoms with Crippen LogP contribution in [0.2, 0.25) is 0 Å². The number of benzene rings is 1. The SMILES string of the molecule is CCCN1CCC(NC(=NC)NCC2CCN(Cc3ccc(OC)cc3)CC2)CC1. The fraction of sp³-hybridized carbons (Fsp3) is 0.708. The zero-order chi connectivity index (χ0) is 21.2. The Bertz CT molecular complexity index is 632. The van der Waals surface area contributed by atoms with Crippen molar-refractivity contribution < 1.29 is 4.74 Å². The van der Waals surface area contributed by atoms with Gasteiger partial charge < -0.3 is 20.3 Å². The molecule has 0 bridgehead atoms. The minimum atomic E-state index is 0.552. The molecule has 30 heavy (non-hydrogen) atoms. The van der Waals surface area contributed by atoms with Crippen LogP contribution >= 0.6 is 0 Å². The topological polar surface area (TPSA) is 52.1 Å². The normalized spacial score (nSPS) is 20.3. The Morgan fingerprint density at radius 1 is 1.03 bits per heavy atom. The second-order valence-corrected chi connectivity index (χ2v) is 8.78. The molecule has 0 aromatic heterocycles. The molecule has 2 heterocycles. The molecule has 0 radical (unpaired) electrons. The molecule has 0 aliphatic carbocycles. The van der Waals surface area contributed by atoms with Crippen molar-refractivity contribution in [3.05, 3.63) is 29.8 Å². The number of guanidine groups is 1. The van der Waals surface area contributed by atoms with Gasteiger partial charge in [0.25, 0.3) is 0 Å². The zero-order valence-electron chi connectivity index (χ0n) is 19.2. The molecule has 0 unspecified atom stereocenters. The summed E-state index contributed by atoms with van der Waals surface area (Å²) in [6.45, 7) is 10.3. The molecule has 2 fully saturated rings. The first-order valence-electron chi connectivity index (χ1n) is 11.7. The maximum Gasteiger partial charge on any atom is 0.191 e. The van der Waals surface area contributed by atoms with E-state index in [2.05, 4.69) is 56.6 Å². The Balaban J connectivity index is 1.33. The maximum absolute atomic E-state index is 5.25. The number of hydrogen-bond donors (Lipinski definition) is 2. The van der Waals surface area contributed by atoms with E-state index in [1.54, 1.807) is 7.11 Å². The molecule has 0 atom stereocenters. The highest BCUT2D eigenvalue weighted by Gasteiger charge is 2.21. The fourth-order valence-corrected chi connectivity index (χ4v) is 4.58. The molecule has 2 aliphatic heterocycles. The number of ether oxygens (including phenoxy) is 1. The number of methoxy groups -OCH3 is 1. The molecule has 0 spiro atoms. The largest absolute Gasteiger partial charge is 0.497 e. The van der Waals surface area contributed by atoms with Gasteiger partial charge in [-0.15, -0.1) is 0 Å². The van der Waals surface area contributed by atoms with Crippen LogP contribution in [0.5, 0.6) is 5.75 Å². The van der Waals surface area contributed by atoms with Gasteiger partial charge in [0.2, 0.25) is 0 Å². The average Bonchev–Trinajstić information content (AvgIpc) is 2.79. The van der Waals surface area contributed by atoms with Crippen LogP contribution in [0.1, 0.15) is 44.6 Å². The first kappa shape index (κ1) is 22.9. The van der Waals surface area contributed by atoms with Gasteiger partial charge in [-0.3, -0.25) is 9.89 Å². The van der Waals surface area contributed by atoms with Crippen molar-refractivity contribution in [3.8, 4) is 5.75 Å². The summed E-state index contributed by atoms with van der Waals surface area (Å²) in [5.41, 5.74) is 1.36. The van der Waals surface area contributed by atoms with Crippen LogP contribution in [0.4, 0.5) is 0 Å². The molecule has 3 rings (SSSR count). The quantitative estimate of drug-likeness (QED) is 0.505. The van der Waals surface area contributed by atoms with Crippen molar-refractivity contribution in [2.45, 2.75) is 51.6 Å². The summed E-state index contributed by atoms with van der Waals surface area (Å²) in [7, 11) is 3.60. The molecule has 1 aromatic rings. The monoisotopic (exact) mass is 415 g/mol. The highest BCUT2D eigenvalue weighted by Crippen LogP contribution is 2.20. The van der Waals surface area contributed by atoms with Crippen LogP contribution in [-0.4, -0.2) is 75.2 Å². The van der Waals surface area contributed by atoms with E-state index >= 15 is 0 Å². The van der Waals surface area contributed by atoms with Crippen molar-refractivity contribution in [1.82, 2.24) is 20.4 Å². The van der Waals surface area contributed by atoms with E-state index in [0.717, 1.165) is 30.7 Å². The Morgan fingerprint density at radius 2 is 1.70 bits per heavy atom. The Morgan fingerprint density at radius 3 is 2.30 bits per heavy atom. The molecule has 0 amide bonds.